The molecule has 1 heterocycles. The van der Waals surface area contributed by atoms with Crippen LogP contribution in [-0.2, 0) is 0 Å². The second-order valence-corrected chi connectivity index (χ2v) is 5.07. The van der Waals surface area contributed by atoms with E-state index in [0.29, 0.717) is 18.3 Å². The van der Waals surface area contributed by atoms with Gasteiger partial charge in [-0.25, -0.2) is 4.79 Å². The number of carbonyl (C=O) groups is 1. The molecule has 4 heteroatoms. The summed E-state index contributed by atoms with van der Waals surface area (Å²) in [6.45, 7) is 4.16. The number of benzene rings is 1. The highest BCUT2D eigenvalue weighted by atomic mass is 16.2. The van der Waals surface area contributed by atoms with Crippen molar-refractivity contribution in [3.05, 3.63) is 48.0 Å². The van der Waals surface area contributed by atoms with Gasteiger partial charge >= 0.3 is 6.03 Å². The summed E-state index contributed by atoms with van der Waals surface area (Å²) >= 11 is 0. The van der Waals surface area contributed by atoms with Gasteiger partial charge in [-0.2, -0.15) is 4.99 Å². The number of aliphatic imine (C=N–C) groups is 1. The Morgan fingerprint density at radius 1 is 1.37 bits per heavy atom. The lowest BCUT2D eigenvalue weighted by Gasteiger charge is -2.25. The van der Waals surface area contributed by atoms with E-state index >= 15 is 0 Å². The van der Waals surface area contributed by atoms with Crippen LogP contribution in [0.15, 0.2) is 41.9 Å². The molecular weight excluding hydrogens is 238 g/mol. The van der Waals surface area contributed by atoms with Gasteiger partial charge in [-0.05, 0) is 29.9 Å². The predicted molar refractivity (Wildman–Crippen MR) is 75.1 cm³/mol. The van der Waals surface area contributed by atoms with Crippen LogP contribution >= 0.6 is 0 Å². The van der Waals surface area contributed by atoms with Gasteiger partial charge in [-0.1, -0.05) is 30.3 Å². The largest absolute Gasteiger partial charge is 0.385 e. The SMILES string of the molecule is C=CCN1C(=O)N=C(N)C1c1ccccc1C1CC1. The first-order valence-electron chi connectivity index (χ1n) is 6.56. The van der Waals surface area contributed by atoms with E-state index in [0.717, 1.165) is 5.56 Å². The van der Waals surface area contributed by atoms with Crippen molar-refractivity contribution in [2.45, 2.75) is 24.8 Å². The van der Waals surface area contributed by atoms with Gasteiger partial charge in [0.15, 0.2) is 0 Å². The summed E-state index contributed by atoms with van der Waals surface area (Å²) in [4.78, 5) is 17.4. The maximum Gasteiger partial charge on any atom is 0.346 e. The summed E-state index contributed by atoms with van der Waals surface area (Å²) in [5.41, 5.74) is 8.38. The summed E-state index contributed by atoms with van der Waals surface area (Å²) in [5.74, 6) is 1.00. The fourth-order valence-electron chi connectivity index (χ4n) is 2.68. The first kappa shape index (κ1) is 12.0. The lowest BCUT2D eigenvalue weighted by Crippen LogP contribution is -2.34. The lowest BCUT2D eigenvalue weighted by molar-refractivity contribution is 0.212. The number of rotatable bonds is 4. The smallest absolute Gasteiger partial charge is 0.346 e. The Labute approximate surface area is 112 Å². The molecule has 1 aliphatic carbocycles. The number of nitrogens with two attached hydrogens (primary N) is 1. The van der Waals surface area contributed by atoms with Gasteiger partial charge in [0.05, 0.1) is 0 Å². The van der Waals surface area contributed by atoms with Crippen LogP contribution in [0.2, 0.25) is 0 Å². The standard InChI is InChI=1S/C15H17N3O/c1-2-9-18-13(14(16)17-15(18)19)12-6-4-3-5-11(12)10-7-8-10/h2-6,10,13H,1,7-9H2,(H2,16,17,19). The second kappa shape index (κ2) is 4.53. The number of nitrogens with zero attached hydrogens (tertiary/aromatic N) is 2. The maximum absolute atomic E-state index is 11.9. The Bertz CT molecular complexity index is 560. The van der Waals surface area contributed by atoms with E-state index in [4.69, 9.17) is 5.73 Å². The Morgan fingerprint density at radius 2 is 2.05 bits per heavy atom. The van der Waals surface area contributed by atoms with Gasteiger partial charge in [-0.3, -0.25) is 0 Å². The molecule has 0 radical (unpaired) electrons. The lowest BCUT2D eigenvalue weighted by atomic mass is 9.96. The summed E-state index contributed by atoms with van der Waals surface area (Å²) in [7, 11) is 0. The summed E-state index contributed by atoms with van der Waals surface area (Å²) in [6.07, 6.45) is 4.14. The third-order valence-corrected chi connectivity index (χ3v) is 3.70. The van der Waals surface area contributed by atoms with Crippen LogP contribution in [0.4, 0.5) is 4.79 Å². The van der Waals surface area contributed by atoms with Crippen molar-refractivity contribution in [1.82, 2.24) is 4.90 Å². The van der Waals surface area contributed by atoms with Crippen molar-refractivity contribution in [1.29, 1.82) is 0 Å². The van der Waals surface area contributed by atoms with Crippen LogP contribution in [0, 0.1) is 0 Å². The van der Waals surface area contributed by atoms with E-state index in [2.05, 4.69) is 23.7 Å². The molecule has 1 unspecified atom stereocenters. The summed E-state index contributed by atoms with van der Waals surface area (Å²) < 4.78 is 0. The van der Waals surface area contributed by atoms with E-state index in [1.807, 2.05) is 12.1 Å². The Balaban J connectivity index is 2.02. The van der Waals surface area contributed by atoms with Gasteiger partial charge in [0.25, 0.3) is 0 Å². The van der Waals surface area contributed by atoms with Crippen LogP contribution < -0.4 is 5.73 Å². The third-order valence-electron chi connectivity index (χ3n) is 3.70. The molecule has 4 nitrogen and oxygen atoms in total. The number of amidine groups is 1. The zero-order valence-electron chi connectivity index (χ0n) is 10.7. The molecule has 0 aromatic heterocycles. The van der Waals surface area contributed by atoms with Crippen molar-refractivity contribution in [2.75, 3.05) is 6.54 Å². The number of amides is 2. The van der Waals surface area contributed by atoms with Gasteiger partial charge in [0, 0.05) is 6.54 Å². The highest BCUT2D eigenvalue weighted by Gasteiger charge is 2.37. The molecule has 19 heavy (non-hydrogen) atoms. The van der Waals surface area contributed by atoms with Gasteiger partial charge < -0.3 is 10.6 Å². The Kier molecular flexibility index (Phi) is 2.85. The second-order valence-electron chi connectivity index (χ2n) is 5.07. The van der Waals surface area contributed by atoms with E-state index in [9.17, 15) is 4.79 Å². The molecule has 1 fully saturated rings. The Hall–Kier alpha value is -2.10. The molecule has 2 N–H and O–H groups in total. The van der Waals surface area contributed by atoms with Gasteiger partial charge in [0.1, 0.15) is 11.9 Å². The maximum atomic E-state index is 11.9. The number of urea groups is 1. The van der Waals surface area contributed by atoms with E-state index in [1.54, 1.807) is 11.0 Å². The van der Waals surface area contributed by atoms with Crippen molar-refractivity contribution in [2.24, 2.45) is 10.7 Å². The molecule has 1 aromatic carbocycles. The van der Waals surface area contributed by atoms with E-state index < -0.39 is 0 Å². The minimum absolute atomic E-state index is 0.234. The molecule has 98 valence electrons. The topological polar surface area (TPSA) is 58.7 Å². The normalized spacial score (nSPS) is 22.5. The number of hydrogen-bond donors (Lipinski definition) is 1. The van der Waals surface area contributed by atoms with E-state index in [1.165, 1.54) is 18.4 Å². The minimum atomic E-state index is -0.270. The molecular formula is C15H17N3O. The zero-order chi connectivity index (χ0) is 13.4. The van der Waals surface area contributed by atoms with Crippen molar-refractivity contribution in [3.8, 4) is 0 Å². The van der Waals surface area contributed by atoms with E-state index in [-0.39, 0.29) is 12.1 Å². The van der Waals surface area contributed by atoms with Gasteiger partial charge in [0.2, 0.25) is 0 Å². The van der Waals surface area contributed by atoms with Crippen molar-refractivity contribution >= 4 is 11.9 Å². The van der Waals surface area contributed by atoms with Crippen LogP contribution in [0.1, 0.15) is 35.9 Å². The quantitative estimate of drug-likeness (QED) is 0.841. The molecule has 3 rings (SSSR count). The zero-order valence-corrected chi connectivity index (χ0v) is 10.7. The summed E-state index contributed by atoms with van der Waals surface area (Å²) in [6, 6.07) is 7.71. The highest BCUT2D eigenvalue weighted by molar-refractivity contribution is 6.03. The van der Waals surface area contributed by atoms with Crippen molar-refractivity contribution < 1.29 is 4.79 Å². The molecule has 1 saturated carbocycles. The molecule has 2 aliphatic rings. The first-order chi connectivity index (χ1) is 9.22. The number of carbonyl (C=O) groups excluding carboxylic acids is 1. The highest BCUT2D eigenvalue weighted by Crippen LogP contribution is 2.44. The van der Waals surface area contributed by atoms with Crippen molar-refractivity contribution in [3.63, 3.8) is 0 Å². The predicted octanol–water partition coefficient (Wildman–Crippen LogP) is 2.58. The molecule has 1 atom stereocenters. The van der Waals surface area contributed by atoms with Crippen LogP contribution in [0.5, 0.6) is 0 Å². The molecule has 2 amide bonds. The monoisotopic (exact) mass is 255 g/mol. The fourth-order valence-corrected chi connectivity index (χ4v) is 2.68. The summed E-state index contributed by atoms with van der Waals surface area (Å²) in [5, 5.41) is 0. The average molecular weight is 255 g/mol. The van der Waals surface area contributed by atoms with Crippen LogP contribution in [-0.4, -0.2) is 23.3 Å². The third kappa shape index (κ3) is 2.03. The molecule has 1 aromatic rings. The molecule has 0 bridgehead atoms. The average Bonchev–Trinajstić information content (AvgIpc) is 3.19. The first-order valence-corrected chi connectivity index (χ1v) is 6.56. The molecule has 0 spiro atoms. The fraction of sp³-hybridized carbons (Fsp3) is 0.333. The minimum Gasteiger partial charge on any atom is -0.385 e. The van der Waals surface area contributed by atoms with Crippen LogP contribution in [0.3, 0.4) is 0 Å². The van der Waals surface area contributed by atoms with Crippen LogP contribution in [0.25, 0.3) is 0 Å². The number of hydrogen-bond acceptors (Lipinski definition) is 2. The van der Waals surface area contributed by atoms with Gasteiger partial charge in [-0.15, -0.1) is 6.58 Å². The molecule has 0 saturated heterocycles. The Morgan fingerprint density at radius 3 is 2.68 bits per heavy atom. The molecule has 1 aliphatic heterocycles.